The SMILES string of the molecule is CCNC(=NCc1ccccn1)NCCCc1nnc2n1CCCCC2.I. The molecule has 2 N–H and O–H groups in total. The summed E-state index contributed by atoms with van der Waals surface area (Å²) in [6, 6.07) is 5.89. The molecule has 0 unspecified atom stereocenters. The molecule has 2 aromatic rings. The van der Waals surface area contributed by atoms with Gasteiger partial charge in [-0.05, 0) is 38.3 Å². The van der Waals surface area contributed by atoms with E-state index in [0.717, 1.165) is 62.2 Å². The summed E-state index contributed by atoms with van der Waals surface area (Å²) in [6.45, 7) is 5.42. The predicted molar refractivity (Wildman–Crippen MR) is 118 cm³/mol. The van der Waals surface area contributed by atoms with E-state index in [9.17, 15) is 0 Å². The van der Waals surface area contributed by atoms with Crippen LogP contribution < -0.4 is 10.6 Å². The van der Waals surface area contributed by atoms with Crippen LogP contribution in [0.3, 0.4) is 0 Å². The van der Waals surface area contributed by atoms with Gasteiger partial charge in [-0.2, -0.15) is 0 Å². The first-order valence-corrected chi connectivity index (χ1v) is 9.70. The first kappa shape index (κ1) is 21.6. The number of pyridine rings is 1. The second-order valence-electron chi connectivity index (χ2n) is 6.54. The van der Waals surface area contributed by atoms with E-state index in [1.165, 1.54) is 19.3 Å². The number of nitrogens with zero attached hydrogens (tertiary/aromatic N) is 5. The minimum atomic E-state index is 0. The molecule has 0 fully saturated rings. The van der Waals surface area contributed by atoms with Crippen molar-refractivity contribution in [3.8, 4) is 0 Å². The molecule has 0 aliphatic carbocycles. The molecule has 0 amide bonds. The van der Waals surface area contributed by atoms with Crippen molar-refractivity contribution in [3.05, 3.63) is 41.7 Å². The molecule has 1 aliphatic heterocycles. The van der Waals surface area contributed by atoms with Crippen LogP contribution in [0.4, 0.5) is 0 Å². The Morgan fingerprint density at radius 2 is 2.11 bits per heavy atom. The zero-order valence-electron chi connectivity index (χ0n) is 16.0. The van der Waals surface area contributed by atoms with Crippen molar-refractivity contribution in [1.82, 2.24) is 30.4 Å². The maximum atomic E-state index is 4.60. The summed E-state index contributed by atoms with van der Waals surface area (Å²) in [6.07, 6.45) is 8.58. The number of nitrogens with one attached hydrogen (secondary N) is 2. The topological polar surface area (TPSA) is 80.0 Å². The third kappa shape index (κ3) is 6.75. The average Bonchev–Trinajstić information content (AvgIpc) is 2.90. The summed E-state index contributed by atoms with van der Waals surface area (Å²) >= 11 is 0. The summed E-state index contributed by atoms with van der Waals surface area (Å²) in [4.78, 5) is 8.91. The van der Waals surface area contributed by atoms with Crippen LogP contribution in [0.5, 0.6) is 0 Å². The van der Waals surface area contributed by atoms with Gasteiger partial charge in [0.25, 0.3) is 0 Å². The first-order valence-electron chi connectivity index (χ1n) is 9.70. The molecule has 27 heavy (non-hydrogen) atoms. The van der Waals surface area contributed by atoms with Crippen molar-refractivity contribution >= 4 is 29.9 Å². The lowest BCUT2D eigenvalue weighted by atomic mass is 10.2. The summed E-state index contributed by atoms with van der Waals surface area (Å²) < 4.78 is 2.33. The third-order valence-corrected chi connectivity index (χ3v) is 4.53. The van der Waals surface area contributed by atoms with Gasteiger partial charge in [-0.25, -0.2) is 4.99 Å². The van der Waals surface area contributed by atoms with Gasteiger partial charge in [0.2, 0.25) is 0 Å². The lowest BCUT2D eigenvalue weighted by molar-refractivity contribution is 0.594. The highest BCUT2D eigenvalue weighted by Crippen LogP contribution is 2.15. The highest BCUT2D eigenvalue weighted by molar-refractivity contribution is 14.0. The standard InChI is InChI=1S/C19H29N7.HI/c1-2-20-19(23-15-16-9-5-6-12-21-16)22-13-8-11-18-25-24-17-10-4-3-7-14-26(17)18;/h5-6,9,12H,2-4,7-8,10-11,13-15H2,1H3,(H2,20,22,23);1H. The van der Waals surface area contributed by atoms with Crippen molar-refractivity contribution in [3.63, 3.8) is 0 Å². The minimum absolute atomic E-state index is 0. The number of aromatic nitrogens is 4. The predicted octanol–water partition coefficient (Wildman–Crippen LogP) is 2.71. The zero-order chi connectivity index (χ0) is 18.0. The van der Waals surface area contributed by atoms with Gasteiger partial charge >= 0.3 is 0 Å². The quantitative estimate of drug-likeness (QED) is 0.274. The number of guanidine groups is 1. The van der Waals surface area contributed by atoms with Crippen LogP contribution >= 0.6 is 24.0 Å². The normalized spacial score (nSPS) is 14.0. The van der Waals surface area contributed by atoms with Crippen LogP contribution in [0.2, 0.25) is 0 Å². The molecule has 148 valence electrons. The third-order valence-electron chi connectivity index (χ3n) is 4.53. The summed E-state index contributed by atoms with van der Waals surface area (Å²) in [5, 5.41) is 15.5. The Balaban J connectivity index is 0.00000261. The maximum Gasteiger partial charge on any atom is 0.191 e. The molecule has 0 radical (unpaired) electrons. The van der Waals surface area contributed by atoms with E-state index >= 15 is 0 Å². The molecule has 8 heteroatoms. The molecule has 0 spiro atoms. The fourth-order valence-electron chi connectivity index (χ4n) is 3.18. The van der Waals surface area contributed by atoms with Crippen molar-refractivity contribution in [2.45, 2.75) is 58.5 Å². The average molecular weight is 483 g/mol. The molecule has 3 heterocycles. The molecule has 3 rings (SSSR count). The number of halogens is 1. The van der Waals surface area contributed by atoms with Crippen LogP contribution in [-0.2, 0) is 25.9 Å². The Kier molecular flexibility index (Phi) is 9.51. The lowest BCUT2D eigenvalue weighted by Gasteiger charge is -2.11. The maximum absolute atomic E-state index is 4.60. The summed E-state index contributed by atoms with van der Waals surface area (Å²) in [5.41, 5.74) is 0.968. The van der Waals surface area contributed by atoms with E-state index < -0.39 is 0 Å². The second-order valence-corrected chi connectivity index (χ2v) is 6.54. The highest BCUT2D eigenvalue weighted by Gasteiger charge is 2.14. The monoisotopic (exact) mass is 483 g/mol. The second kappa shape index (κ2) is 11.9. The number of hydrogen-bond donors (Lipinski definition) is 2. The Morgan fingerprint density at radius 1 is 1.19 bits per heavy atom. The Labute approximate surface area is 178 Å². The van der Waals surface area contributed by atoms with Gasteiger partial charge < -0.3 is 15.2 Å². The van der Waals surface area contributed by atoms with E-state index in [-0.39, 0.29) is 24.0 Å². The molecule has 1 aliphatic rings. The van der Waals surface area contributed by atoms with Crippen LogP contribution in [0.25, 0.3) is 0 Å². The summed E-state index contributed by atoms with van der Waals surface area (Å²) in [5.74, 6) is 3.12. The number of rotatable bonds is 7. The van der Waals surface area contributed by atoms with Gasteiger partial charge in [0.15, 0.2) is 5.96 Å². The number of aliphatic imine (C=N–C) groups is 1. The largest absolute Gasteiger partial charge is 0.357 e. The molecule has 0 aromatic carbocycles. The summed E-state index contributed by atoms with van der Waals surface area (Å²) in [7, 11) is 0. The van der Waals surface area contributed by atoms with Crippen LogP contribution in [-0.4, -0.2) is 38.8 Å². The fourth-order valence-corrected chi connectivity index (χ4v) is 3.18. The van der Waals surface area contributed by atoms with Crippen LogP contribution in [0, 0.1) is 0 Å². The van der Waals surface area contributed by atoms with E-state index in [2.05, 4.69) is 42.3 Å². The van der Waals surface area contributed by atoms with Gasteiger partial charge in [-0.1, -0.05) is 12.5 Å². The molecule has 7 nitrogen and oxygen atoms in total. The Morgan fingerprint density at radius 3 is 2.93 bits per heavy atom. The van der Waals surface area contributed by atoms with Crippen molar-refractivity contribution < 1.29 is 0 Å². The smallest absolute Gasteiger partial charge is 0.191 e. The van der Waals surface area contributed by atoms with Crippen LogP contribution in [0.15, 0.2) is 29.4 Å². The highest BCUT2D eigenvalue weighted by atomic mass is 127. The van der Waals surface area contributed by atoms with Gasteiger partial charge in [-0.15, -0.1) is 34.2 Å². The Bertz CT molecular complexity index is 699. The first-order chi connectivity index (χ1) is 12.9. The van der Waals surface area contributed by atoms with Crippen molar-refractivity contribution in [2.75, 3.05) is 13.1 Å². The number of fused-ring (bicyclic) bond motifs is 1. The molecular weight excluding hydrogens is 453 g/mol. The lowest BCUT2D eigenvalue weighted by Crippen LogP contribution is -2.38. The number of hydrogen-bond acceptors (Lipinski definition) is 4. The van der Waals surface area contributed by atoms with Crippen LogP contribution in [0.1, 0.15) is 49.9 Å². The van der Waals surface area contributed by atoms with E-state index in [1.54, 1.807) is 6.20 Å². The van der Waals surface area contributed by atoms with Gasteiger partial charge in [0, 0.05) is 38.7 Å². The Hall–Kier alpha value is -1.71. The van der Waals surface area contributed by atoms with E-state index in [0.29, 0.717) is 6.54 Å². The van der Waals surface area contributed by atoms with Gasteiger partial charge in [0.05, 0.1) is 12.2 Å². The molecular formula is C19H30IN7. The van der Waals surface area contributed by atoms with Crippen molar-refractivity contribution in [2.24, 2.45) is 4.99 Å². The fraction of sp³-hybridized carbons (Fsp3) is 0.579. The molecule has 0 bridgehead atoms. The van der Waals surface area contributed by atoms with Gasteiger partial charge in [-0.3, -0.25) is 4.98 Å². The molecule has 2 aromatic heterocycles. The van der Waals surface area contributed by atoms with Crippen molar-refractivity contribution in [1.29, 1.82) is 0 Å². The van der Waals surface area contributed by atoms with Gasteiger partial charge in [0.1, 0.15) is 11.6 Å². The van der Waals surface area contributed by atoms with E-state index in [4.69, 9.17) is 0 Å². The zero-order valence-corrected chi connectivity index (χ0v) is 18.4. The molecule has 0 atom stereocenters. The number of aryl methyl sites for hydroxylation is 2. The van der Waals surface area contributed by atoms with E-state index in [1.807, 2.05) is 18.2 Å². The molecule has 0 saturated heterocycles. The molecule has 0 saturated carbocycles. The minimum Gasteiger partial charge on any atom is -0.357 e.